The second-order valence-corrected chi connectivity index (χ2v) is 3.90. The van der Waals surface area contributed by atoms with Gasteiger partial charge in [-0.15, -0.1) is 0 Å². The number of benzene rings is 1. The van der Waals surface area contributed by atoms with Crippen LogP contribution in [0.5, 0.6) is 0 Å². The molecule has 0 fully saturated rings. The van der Waals surface area contributed by atoms with Crippen LogP contribution in [-0.2, 0) is 4.79 Å². The van der Waals surface area contributed by atoms with Gasteiger partial charge in [-0.05, 0) is 18.6 Å². The highest BCUT2D eigenvalue weighted by Crippen LogP contribution is 2.10. The van der Waals surface area contributed by atoms with Gasteiger partial charge in [0.1, 0.15) is 0 Å². The van der Waals surface area contributed by atoms with Crippen molar-refractivity contribution in [2.24, 2.45) is 0 Å². The van der Waals surface area contributed by atoms with E-state index in [0.29, 0.717) is 17.0 Å². The predicted octanol–water partition coefficient (Wildman–Crippen LogP) is 2.44. The summed E-state index contributed by atoms with van der Waals surface area (Å²) in [7, 11) is 0. The van der Waals surface area contributed by atoms with Crippen molar-refractivity contribution in [3.05, 3.63) is 34.9 Å². The van der Waals surface area contributed by atoms with E-state index in [2.05, 4.69) is 5.32 Å². The fourth-order valence-corrected chi connectivity index (χ4v) is 1.45. The zero-order chi connectivity index (χ0) is 12.0. The van der Waals surface area contributed by atoms with Crippen molar-refractivity contribution in [1.82, 2.24) is 5.32 Å². The van der Waals surface area contributed by atoms with Crippen molar-refractivity contribution in [3.8, 4) is 0 Å². The number of carbonyl (C=O) groups is 2. The van der Waals surface area contributed by atoms with Gasteiger partial charge < -0.3 is 5.32 Å². The number of halogens is 1. The van der Waals surface area contributed by atoms with E-state index in [1.54, 1.807) is 24.3 Å². The van der Waals surface area contributed by atoms with Crippen LogP contribution in [-0.4, -0.2) is 18.2 Å². The molecule has 3 nitrogen and oxygen atoms in total. The van der Waals surface area contributed by atoms with E-state index in [1.165, 1.54) is 0 Å². The number of nitrogens with one attached hydrogen (secondary N) is 1. The van der Waals surface area contributed by atoms with Crippen LogP contribution in [0.25, 0.3) is 0 Å². The average molecular weight is 240 g/mol. The van der Waals surface area contributed by atoms with E-state index < -0.39 is 0 Å². The number of rotatable bonds is 5. The van der Waals surface area contributed by atoms with E-state index in [1.807, 2.05) is 6.92 Å². The largest absolute Gasteiger partial charge is 0.349 e. The number of ketones is 1. The number of hydrogen-bond acceptors (Lipinski definition) is 2. The Morgan fingerprint density at radius 3 is 2.75 bits per heavy atom. The Morgan fingerprint density at radius 2 is 2.12 bits per heavy atom. The summed E-state index contributed by atoms with van der Waals surface area (Å²) in [5.41, 5.74) is 0.518. The van der Waals surface area contributed by atoms with Crippen LogP contribution in [0.3, 0.4) is 0 Å². The van der Waals surface area contributed by atoms with Crippen molar-refractivity contribution < 1.29 is 9.59 Å². The van der Waals surface area contributed by atoms with E-state index in [4.69, 9.17) is 11.6 Å². The first-order valence-corrected chi connectivity index (χ1v) is 5.56. The topological polar surface area (TPSA) is 46.2 Å². The predicted molar refractivity (Wildman–Crippen MR) is 63.7 cm³/mol. The summed E-state index contributed by atoms with van der Waals surface area (Å²) in [6.45, 7) is 1.94. The highest BCUT2D eigenvalue weighted by molar-refractivity contribution is 6.31. The van der Waals surface area contributed by atoms with Crippen LogP contribution in [0.1, 0.15) is 30.1 Å². The Morgan fingerprint density at radius 1 is 1.38 bits per heavy atom. The van der Waals surface area contributed by atoms with Crippen LogP contribution in [0, 0.1) is 0 Å². The number of Topliss-reactive ketones (excluding diaryl/α,β-unsaturated/α-hetero) is 1. The lowest BCUT2D eigenvalue weighted by Gasteiger charge is -2.03. The second-order valence-electron chi connectivity index (χ2n) is 3.46. The number of hydrogen-bond donors (Lipinski definition) is 1. The molecule has 1 amide bonds. The van der Waals surface area contributed by atoms with Crippen LogP contribution in [0.4, 0.5) is 0 Å². The fourth-order valence-electron chi connectivity index (χ4n) is 1.26. The molecule has 0 spiro atoms. The van der Waals surface area contributed by atoms with Crippen molar-refractivity contribution in [2.75, 3.05) is 6.54 Å². The Kier molecular flexibility index (Phi) is 4.99. The maximum Gasteiger partial charge on any atom is 0.220 e. The standard InChI is InChI=1S/C12H14ClNO2/c1-2-4-12(16)14-8-11(15)9-5-3-6-10(13)7-9/h3,5-7H,2,4,8H2,1H3,(H,14,16). The minimum Gasteiger partial charge on any atom is -0.349 e. The van der Waals surface area contributed by atoms with E-state index >= 15 is 0 Å². The summed E-state index contributed by atoms with van der Waals surface area (Å²) in [4.78, 5) is 22.8. The van der Waals surface area contributed by atoms with Crippen LogP contribution in [0.15, 0.2) is 24.3 Å². The molecular weight excluding hydrogens is 226 g/mol. The first-order chi connectivity index (χ1) is 7.63. The van der Waals surface area contributed by atoms with Gasteiger partial charge >= 0.3 is 0 Å². The van der Waals surface area contributed by atoms with Gasteiger partial charge in [-0.2, -0.15) is 0 Å². The van der Waals surface area contributed by atoms with Gasteiger partial charge in [-0.3, -0.25) is 9.59 Å². The molecule has 1 aromatic carbocycles. The van der Waals surface area contributed by atoms with Crippen molar-refractivity contribution in [1.29, 1.82) is 0 Å². The van der Waals surface area contributed by atoms with E-state index in [0.717, 1.165) is 6.42 Å². The molecule has 0 heterocycles. The van der Waals surface area contributed by atoms with Gasteiger partial charge in [-0.25, -0.2) is 0 Å². The Bertz CT molecular complexity index is 390. The molecule has 1 N–H and O–H groups in total. The molecule has 4 heteroatoms. The quantitative estimate of drug-likeness (QED) is 0.803. The van der Waals surface area contributed by atoms with Crippen LogP contribution in [0.2, 0.25) is 5.02 Å². The molecule has 0 aliphatic carbocycles. The van der Waals surface area contributed by atoms with Gasteiger partial charge in [0.25, 0.3) is 0 Å². The lowest BCUT2D eigenvalue weighted by molar-refractivity contribution is -0.120. The molecule has 0 saturated carbocycles. The maximum atomic E-state index is 11.6. The normalized spacial score (nSPS) is 9.88. The van der Waals surface area contributed by atoms with E-state index in [-0.39, 0.29) is 18.2 Å². The Labute approximate surface area is 99.8 Å². The highest BCUT2D eigenvalue weighted by Gasteiger charge is 2.07. The molecule has 0 unspecified atom stereocenters. The minimum absolute atomic E-state index is 0.0270. The Balaban J connectivity index is 2.50. The third kappa shape index (κ3) is 4.03. The third-order valence-corrected chi connectivity index (χ3v) is 2.30. The lowest BCUT2D eigenvalue weighted by Crippen LogP contribution is -2.29. The SMILES string of the molecule is CCCC(=O)NCC(=O)c1cccc(Cl)c1. The maximum absolute atomic E-state index is 11.6. The van der Waals surface area contributed by atoms with Crippen molar-refractivity contribution in [3.63, 3.8) is 0 Å². The molecular formula is C12H14ClNO2. The monoisotopic (exact) mass is 239 g/mol. The molecule has 0 saturated heterocycles. The molecule has 86 valence electrons. The van der Waals surface area contributed by atoms with Gasteiger partial charge in [0.15, 0.2) is 5.78 Å². The number of carbonyl (C=O) groups excluding carboxylic acids is 2. The van der Waals surface area contributed by atoms with Gasteiger partial charge in [0.2, 0.25) is 5.91 Å². The molecule has 0 radical (unpaired) electrons. The molecule has 1 aromatic rings. The van der Waals surface area contributed by atoms with E-state index in [9.17, 15) is 9.59 Å². The summed E-state index contributed by atoms with van der Waals surface area (Å²) < 4.78 is 0. The zero-order valence-corrected chi connectivity index (χ0v) is 9.88. The van der Waals surface area contributed by atoms with Crippen LogP contribution < -0.4 is 5.32 Å². The summed E-state index contributed by atoms with van der Waals surface area (Å²) in [6, 6.07) is 6.69. The molecule has 0 aliphatic heterocycles. The van der Waals surface area contributed by atoms with Gasteiger partial charge in [-0.1, -0.05) is 30.7 Å². The summed E-state index contributed by atoms with van der Waals surface area (Å²) in [5.74, 6) is -0.232. The second kappa shape index (κ2) is 6.28. The summed E-state index contributed by atoms with van der Waals surface area (Å²) in [5, 5.41) is 3.09. The molecule has 0 aliphatic rings. The summed E-state index contributed by atoms with van der Waals surface area (Å²) in [6.07, 6.45) is 1.22. The smallest absolute Gasteiger partial charge is 0.220 e. The van der Waals surface area contributed by atoms with Crippen molar-refractivity contribution >= 4 is 23.3 Å². The molecule has 1 rings (SSSR count). The summed E-state index contributed by atoms with van der Waals surface area (Å²) >= 11 is 5.76. The van der Waals surface area contributed by atoms with Crippen LogP contribution >= 0.6 is 11.6 Å². The number of amides is 1. The lowest BCUT2D eigenvalue weighted by atomic mass is 10.1. The first-order valence-electron chi connectivity index (χ1n) is 5.19. The molecule has 0 bridgehead atoms. The highest BCUT2D eigenvalue weighted by atomic mass is 35.5. The Hall–Kier alpha value is -1.35. The molecule has 16 heavy (non-hydrogen) atoms. The van der Waals surface area contributed by atoms with Gasteiger partial charge in [0, 0.05) is 17.0 Å². The third-order valence-electron chi connectivity index (χ3n) is 2.07. The van der Waals surface area contributed by atoms with Gasteiger partial charge in [0.05, 0.1) is 6.54 Å². The fraction of sp³-hybridized carbons (Fsp3) is 0.333. The zero-order valence-electron chi connectivity index (χ0n) is 9.13. The average Bonchev–Trinajstić information content (AvgIpc) is 2.26. The first kappa shape index (κ1) is 12.7. The molecule has 0 aromatic heterocycles. The molecule has 0 atom stereocenters. The minimum atomic E-state index is -0.132. The van der Waals surface area contributed by atoms with Crippen molar-refractivity contribution in [2.45, 2.75) is 19.8 Å².